The van der Waals surface area contributed by atoms with Crippen LogP contribution in [0.5, 0.6) is 0 Å². The van der Waals surface area contributed by atoms with Gasteiger partial charge in [-0.25, -0.2) is 9.80 Å². The first-order valence-electron chi connectivity index (χ1n) is 9.23. The maximum absolute atomic E-state index is 12.4. The Morgan fingerprint density at radius 2 is 2.25 bits per heavy atom. The number of para-hydroxylation sites is 1. The SMILES string of the molecule is CCCCNC(=O)N(O)[C@H]1N(/N=C/c2c[nH]c3ccccc23)C(=S)SC1(C)C. The number of thiocarbonyl (C=S) groups is 1. The molecule has 150 valence electrons. The molecule has 0 bridgehead atoms. The minimum Gasteiger partial charge on any atom is -0.361 e. The van der Waals surface area contributed by atoms with E-state index in [1.807, 2.05) is 51.2 Å². The number of rotatable bonds is 6. The van der Waals surface area contributed by atoms with E-state index in [9.17, 15) is 10.0 Å². The van der Waals surface area contributed by atoms with Crippen LogP contribution >= 0.6 is 24.0 Å². The lowest BCUT2D eigenvalue weighted by Crippen LogP contribution is -2.55. The van der Waals surface area contributed by atoms with Crippen LogP contribution in [0, 0.1) is 0 Å². The molecule has 0 saturated carbocycles. The van der Waals surface area contributed by atoms with Crippen molar-refractivity contribution in [1.82, 2.24) is 20.4 Å². The maximum Gasteiger partial charge on any atom is 0.343 e. The Bertz CT molecular complexity index is 895. The Balaban J connectivity index is 1.83. The first-order valence-corrected chi connectivity index (χ1v) is 10.5. The van der Waals surface area contributed by atoms with Gasteiger partial charge in [0.1, 0.15) is 0 Å². The molecule has 0 unspecified atom stereocenters. The number of aromatic nitrogens is 1. The number of fused-ring (bicyclic) bond motifs is 1. The monoisotopic (exact) mass is 419 g/mol. The predicted molar refractivity (Wildman–Crippen MR) is 118 cm³/mol. The molecule has 0 spiro atoms. The number of H-pyrrole nitrogens is 1. The Hall–Kier alpha value is -2.10. The first kappa shape index (κ1) is 20.6. The molecule has 3 N–H and O–H groups in total. The normalized spacial score (nSPS) is 18.9. The second-order valence-electron chi connectivity index (χ2n) is 7.15. The van der Waals surface area contributed by atoms with Gasteiger partial charge in [0, 0.05) is 29.2 Å². The number of hydrogen-bond donors (Lipinski definition) is 3. The van der Waals surface area contributed by atoms with Crippen molar-refractivity contribution in [3.63, 3.8) is 0 Å². The summed E-state index contributed by atoms with van der Waals surface area (Å²) < 4.78 is -0.0163. The zero-order valence-electron chi connectivity index (χ0n) is 16.2. The average Bonchev–Trinajstić information content (AvgIpc) is 3.16. The van der Waals surface area contributed by atoms with Gasteiger partial charge in [0.05, 0.1) is 11.0 Å². The largest absolute Gasteiger partial charge is 0.361 e. The fourth-order valence-corrected chi connectivity index (χ4v) is 4.90. The van der Waals surface area contributed by atoms with E-state index in [-0.39, 0.29) is 0 Å². The number of amides is 2. The summed E-state index contributed by atoms with van der Waals surface area (Å²) in [7, 11) is 0. The van der Waals surface area contributed by atoms with Crippen molar-refractivity contribution in [1.29, 1.82) is 0 Å². The van der Waals surface area contributed by atoms with Gasteiger partial charge in [-0.2, -0.15) is 10.2 Å². The van der Waals surface area contributed by atoms with Gasteiger partial charge in [-0.3, -0.25) is 5.21 Å². The summed E-state index contributed by atoms with van der Waals surface area (Å²) in [5, 5.41) is 21.1. The number of benzene rings is 1. The molecule has 1 saturated heterocycles. The van der Waals surface area contributed by atoms with E-state index in [4.69, 9.17) is 12.2 Å². The number of nitrogens with zero attached hydrogens (tertiary/aromatic N) is 3. The Kier molecular flexibility index (Phi) is 6.26. The van der Waals surface area contributed by atoms with E-state index < -0.39 is 16.9 Å². The Morgan fingerprint density at radius 3 is 3.00 bits per heavy atom. The summed E-state index contributed by atoms with van der Waals surface area (Å²) in [6, 6.07) is 7.37. The molecule has 7 nitrogen and oxygen atoms in total. The number of hydrazone groups is 1. The van der Waals surface area contributed by atoms with E-state index >= 15 is 0 Å². The van der Waals surface area contributed by atoms with Gasteiger partial charge in [0.2, 0.25) is 0 Å². The molecule has 1 atom stereocenters. The lowest BCUT2D eigenvalue weighted by atomic mass is 10.1. The van der Waals surface area contributed by atoms with Gasteiger partial charge >= 0.3 is 6.03 Å². The van der Waals surface area contributed by atoms with Crippen LogP contribution in [0.25, 0.3) is 10.9 Å². The Morgan fingerprint density at radius 1 is 1.50 bits per heavy atom. The molecule has 1 fully saturated rings. The minimum atomic E-state index is -0.715. The van der Waals surface area contributed by atoms with Crippen molar-refractivity contribution in [2.75, 3.05) is 6.54 Å². The third kappa shape index (κ3) is 4.16. The summed E-state index contributed by atoms with van der Waals surface area (Å²) in [5.41, 5.74) is 1.92. The first-order chi connectivity index (χ1) is 13.3. The van der Waals surface area contributed by atoms with Crippen molar-refractivity contribution in [3.05, 3.63) is 36.0 Å². The molecule has 1 aliphatic rings. The summed E-state index contributed by atoms with van der Waals surface area (Å²) in [5.74, 6) is 0. The number of unbranched alkanes of at least 4 members (excludes halogenated alkanes) is 1. The number of nitrogens with one attached hydrogen (secondary N) is 2. The molecule has 3 rings (SSSR count). The van der Waals surface area contributed by atoms with Gasteiger partial charge < -0.3 is 10.3 Å². The van der Waals surface area contributed by atoms with E-state index in [1.54, 1.807) is 6.21 Å². The van der Waals surface area contributed by atoms with Crippen molar-refractivity contribution in [3.8, 4) is 0 Å². The lowest BCUT2D eigenvalue weighted by Gasteiger charge is -2.34. The quantitative estimate of drug-likeness (QED) is 0.215. The smallest absolute Gasteiger partial charge is 0.343 e. The summed E-state index contributed by atoms with van der Waals surface area (Å²) >= 11 is 6.88. The molecule has 2 heterocycles. The third-order valence-corrected chi connectivity index (χ3v) is 6.12. The molecular formula is C19H25N5O2S2. The van der Waals surface area contributed by atoms with Crippen LogP contribution < -0.4 is 5.32 Å². The van der Waals surface area contributed by atoms with Crippen molar-refractivity contribution >= 4 is 51.4 Å². The number of carbonyl (C=O) groups excluding carboxylic acids is 1. The Labute approximate surface area is 174 Å². The maximum atomic E-state index is 12.4. The van der Waals surface area contributed by atoms with E-state index in [1.165, 1.54) is 16.8 Å². The molecule has 1 aliphatic heterocycles. The minimum absolute atomic E-state index is 0.506. The molecular weight excluding hydrogens is 394 g/mol. The molecule has 1 aromatic carbocycles. The van der Waals surface area contributed by atoms with Crippen LogP contribution in [-0.2, 0) is 0 Å². The van der Waals surface area contributed by atoms with E-state index in [0.29, 0.717) is 15.9 Å². The highest BCUT2D eigenvalue weighted by molar-refractivity contribution is 8.24. The third-order valence-electron chi connectivity index (χ3n) is 4.58. The lowest BCUT2D eigenvalue weighted by molar-refractivity contribution is -0.118. The number of aromatic amines is 1. The summed E-state index contributed by atoms with van der Waals surface area (Å²) in [6.45, 7) is 6.41. The fraction of sp³-hybridized carbons (Fsp3) is 0.421. The highest BCUT2D eigenvalue weighted by Gasteiger charge is 2.49. The summed E-state index contributed by atoms with van der Waals surface area (Å²) in [4.78, 5) is 15.6. The standard InChI is InChI=1S/C19H25N5O2S2/c1-4-5-10-20-17(25)24(26)16-19(2,3)28-18(27)23(16)22-12-13-11-21-15-9-7-6-8-14(13)15/h6-9,11-12,16,21,26H,4-5,10H2,1-3H3,(H,20,25)/b22-12+/t16-/m1/s1. The van der Waals surface area contributed by atoms with Gasteiger partial charge in [-0.15, -0.1) is 0 Å². The predicted octanol–water partition coefficient (Wildman–Crippen LogP) is 4.14. The highest BCUT2D eigenvalue weighted by atomic mass is 32.2. The van der Waals surface area contributed by atoms with E-state index in [0.717, 1.165) is 29.3 Å². The van der Waals surface area contributed by atoms with Crippen LogP contribution in [0.15, 0.2) is 35.6 Å². The van der Waals surface area contributed by atoms with Crippen LogP contribution in [-0.4, -0.2) is 54.3 Å². The van der Waals surface area contributed by atoms with Gasteiger partial charge in [0.15, 0.2) is 10.5 Å². The average molecular weight is 420 g/mol. The second-order valence-corrected chi connectivity index (χ2v) is 9.44. The van der Waals surface area contributed by atoms with Crippen molar-refractivity contribution < 1.29 is 10.0 Å². The molecule has 9 heteroatoms. The molecule has 0 radical (unpaired) electrons. The number of thioether (sulfide) groups is 1. The van der Waals surface area contributed by atoms with Gasteiger partial charge in [-0.1, -0.05) is 55.5 Å². The zero-order chi connectivity index (χ0) is 20.3. The van der Waals surface area contributed by atoms with Gasteiger partial charge in [0.25, 0.3) is 0 Å². The molecule has 0 aliphatic carbocycles. The van der Waals surface area contributed by atoms with Gasteiger partial charge in [-0.05, 0) is 26.3 Å². The zero-order valence-corrected chi connectivity index (χ0v) is 17.8. The molecule has 28 heavy (non-hydrogen) atoms. The number of urea groups is 1. The fourth-order valence-electron chi connectivity index (χ4n) is 3.12. The van der Waals surface area contributed by atoms with Crippen molar-refractivity contribution in [2.45, 2.75) is 44.5 Å². The van der Waals surface area contributed by atoms with E-state index in [2.05, 4.69) is 15.4 Å². The highest BCUT2D eigenvalue weighted by Crippen LogP contribution is 2.42. The second kappa shape index (κ2) is 8.50. The van der Waals surface area contributed by atoms with Crippen LogP contribution in [0.1, 0.15) is 39.2 Å². The molecule has 2 amide bonds. The number of hydroxylamine groups is 2. The molecule has 1 aromatic heterocycles. The number of hydrogen-bond acceptors (Lipinski definition) is 5. The van der Waals surface area contributed by atoms with Crippen molar-refractivity contribution in [2.24, 2.45) is 5.10 Å². The summed E-state index contributed by atoms with van der Waals surface area (Å²) in [6.07, 6.45) is 4.66. The van der Waals surface area contributed by atoms with Crippen LogP contribution in [0.2, 0.25) is 0 Å². The van der Waals surface area contributed by atoms with Crippen LogP contribution in [0.4, 0.5) is 4.79 Å². The van der Waals surface area contributed by atoms with Crippen LogP contribution in [0.3, 0.4) is 0 Å². The topological polar surface area (TPSA) is 84.0 Å². The number of carbonyl (C=O) groups is 1. The molecule has 2 aromatic rings.